The highest BCUT2D eigenvalue weighted by atomic mass is 19.1. The van der Waals surface area contributed by atoms with Crippen LogP contribution in [0.25, 0.3) is 0 Å². The Kier molecular flexibility index (Phi) is 4.49. The van der Waals surface area contributed by atoms with Crippen molar-refractivity contribution < 1.29 is 14.0 Å². The molecular weight excluding hydrogens is 383 g/mol. The molecule has 6 nitrogen and oxygen atoms in total. The highest BCUT2D eigenvalue weighted by Gasteiger charge is 2.52. The van der Waals surface area contributed by atoms with Crippen molar-refractivity contribution in [2.45, 2.75) is 62.1 Å². The van der Waals surface area contributed by atoms with E-state index in [0.29, 0.717) is 17.6 Å². The van der Waals surface area contributed by atoms with Gasteiger partial charge in [-0.3, -0.25) is 9.59 Å². The monoisotopic (exact) mass is 408 g/mol. The molecule has 2 saturated heterocycles. The fraction of sp³-hybridized carbons (Fsp3) is 0.435. The van der Waals surface area contributed by atoms with Gasteiger partial charge in [0.25, 0.3) is 0 Å². The third kappa shape index (κ3) is 3.22. The average Bonchev–Trinajstić information content (AvgIpc) is 3.50. The summed E-state index contributed by atoms with van der Waals surface area (Å²) in [6.45, 7) is 0. The van der Waals surface area contributed by atoms with Crippen molar-refractivity contribution in [1.82, 2.24) is 10.3 Å². The molecular formula is C23H25FN4O2. The normalized spacial score (nSPS) is 26.3. The molecule has 1 saturated carbocycles. The van der Waals surface area contributed by atoms with Crippen LogP contribution in [0.2, 0.25) is 0 Å². The predicted octanol–water partition coefficient (Wildman–Crippen LogP) is 2.67. The summed E-state index contributed by atoms with van der Waals surface area (Å²) in [6.07, 6.45) is 6.91. The zero-order valence-corrected chi connectivity index (χ0v) is 16.7. The predicted molar refractivity (Wildman–Crippen MR) is 111 cm³/mol. The van der Waals surface area contributed by atoms with Crippen LogP contribution in [-0.4, -0.2) is 34.9 Å². The number of carbonyl (C=O) groups is 2. The first kappa shape index (κ1) is 19.0. The van der Waals surface area contributed by atoms with E-state index in [0.717, 1.165) is 49.9 Å². The smallest absolute Gasteiger partial charge is 0.250 e. The minimum Gasteiger partial charge on any atom is -0.366 e. The van der Waals surface area contributed by atoms with E-state index in [1.54, 1.807) is 12.1 Å². The Morgan fingerprint density at radius 1 is 1.13 bits per heavy atom. The summed E-state index contributed by atoms with van der Waals surface area (Å²) in [5.41, 5.74) is 5.93. The zero-order valence-electron chi connectivity index (χ0n) is 16.7. The van der Waals surface area contributed by atoms with Gasteiger partial charge in [-0.15, -0.1) is 0 Å². The number of benzene rings is 1. The number of aromatic nitrogens is 1. The fourth-order valence-corrected chi connectivity index (χ4v) is 5.24. The van der Waals surface area contributed by atoms with Crippen LogP contribution in [0.1, 0.15) is 54.4 Å². The van der Waals surface area contributed by atoms with Crippen molar-refractivity contribution in [3.63, 3.8) is 0 Å². The molecule has 3 fully saturated rings. The second kappa shape index (κ2) is 7.07. The highest BCUT2D eigenvalue weighted by Crippen LogP contribution is 2.49. The van der Waals surface area contributed by atoms with Crippen molar-refractivity contribution in [2.24, 2.45) is 5.73 Å². The van der Waals surface area contributed by atoms with Crippen LogP contribution in [-0.2, 0) is 10.2 Å². The topological polar surface area (TPSA) is 88.3 Å². The molecule has 2 bridgehead atoms. The van der Waals surface area contributed by atoms with Gasteiger partial charge in [-0.2, -0.15) is 0 Å². The molecule has 3 aliphatic rings. The molecule has 156 valence electrons. The number of nitrogens with two attached hydrogens (primary N) is 1. The Labute approximate surface area is 174 Å². The van der Waals surface area contributed by atoms with Gasteiger partial charge >= 0.3 is 0 Å². The van der Waals surface area contributed by atoms with E-state index in [9.17, 15) is 14.0 Å². The lowest BCUT2D eigenvalue weighted by Crippen LogP contribution is -2.52. The molecule has 7 heteroatoms. The van der Waals surface area contributed by atoms with Gasteiger partial charge in [-0.1, -0.05) is 12.1 Å². The van der Waals surface area contributed by atoms with E-state index in [1.165, 1.54) is 18.3 Å². The first-order chi connectivity index (χ1) is 14.5. The number of amides is 2. The lowest BCUT2D eigenvalue weighted by atomic mass is 9.92. The van der Waals surface area contributed by atoms with Crippen molar-refractivity contribution >= 4 is 17.6 Å². The number of rotatable bonds is 5. The maximum absolute atomic E-state index is 13.7. The SMILES string of the molecule is NC(=O)c1ccc(N2[C@@H]3CC[C@H]2C[C@@H](NC(=O)C2(c4cccc(F)c4)CC2)C3)nc1. The first-order valence-electron chi connectivity index (χ1n) is 10.6. The zero-order chi connectivity index (χ0) is 20.9. The van der Waals surface area contributed by atoms with Crippen LogP contribution in [0.15, 0.2) is 42.6 Å². The van der Waals surface area contributed by atoms with Crippen LogP contribution in [0.5, 0.6) is 0 Å². The average molecular weight is 408 g/mol. The molecule has 2 amide bonds. The Hall–Kier alpha value is -2.96. The van der Waals surface area contributed by atoms with Gasteiger partial charge in [0.05, 0.1) is 11.0 Å². The van der Waals surface area contributed by atoms with Crippen LogP contribution in [0.4, 0.5) is 10.2 Å². The highest BCUT2D eigenvalue weighted by molar-refractivity contribution is 5.92. The van der Waals surface area contributed by atoms with Crippen LogP contribution >= 0.6 is 0 Å². The third-order valence-corrected chi connectivity index (χ3v) is 6.93. The molecule has 3 heterocycles. The third-order valence-electron chi connectivity index (χ3n) is 6.93. The quantitative estimate of drug-likeness (QED) is 0.796. The summed E-state index contributed by atoms with van der Waals surface area (Å²) in [4.78, 5) is 31.2. The molecule has 1 aromatic heterocycles. The molecule has 30 heavy (non-hydrogen) atoms. The van der Waals surface area contributed by atoms with Crippen molar-refractivity contribution in [1.29, 1.82) is 0 Å². The summed E-state index contributed by atoms with van der Waals surface area (Å²) in [5, 5.41) is 3.27. The first-order valence-corrected chi connectivity index (χ1v) is 10.6. The minimum atomic E-state index is -0.565. The lowest BCUT2D eigenvalue weighted by molar-refractivity contribution is -0.124. The van der Waals surface area contributed by atoms with E-state index in [2.05, 4.69) is 15.2 Å². The number of piperidine rings is 1. The number of nitrogens with one attached hydrogen (secondary N) is 1. The van der Waals surface area contributed by atoms with Crippen molar-refractivity contribution in [2.75, 3.05) is 4.90 Å². The summed E-state index contributed by atoms with van der Waals surface area (Å²) < 4.78 is 13.7. The Balaban J connectivity index is 1.27. The lowest BCUT2D eigenvalue weighted by Gasteiger charge is -2.40. The molecule has 3 atom stereocenters. The summed E-state index contributed by atoms with van der Waals surface area (Å²) in [7, 11) is 0. The number of fused-ring (bicyclic) bond motifs is 2. The van der Waals surface area contributed by atoms with Gasteiger partial charge in [0, 0.05) is 24.3 Å². The van der Waals surface area contributed by atoms with E-state index < -0.39 is 11.3 Å². The van der Waals surface area contributed by atoms with Gasteiger partial charge in [0.1, 0.15) is 11.6 Å². The van der Waals surface area contributed by atoms with Crippen molar-refractivity contribution in [3.05, 3.63) is 59.5 Å². The minimum absolute atomic E-state index is 0.0230. The number of primary amides is 1. The van der Waals surface area contributed by atoms with E-state index >= 15 is 0 Å². The van der Waals surface area contributed by atoms with Crippen LogP contribution in [0, 0.1) is 5.82 Å². The second-order valence-electron chi connectivity index (χ2n) is 8.80. The van der Waals surface area contributed by atoms with E-state index in [-0.39, 0.29) is 17.8 Å². The second-order valence-corrected chi connectivity index (χ2v) is 8.80. The maximum Gasteiger partial charge on any atom is 0.250 e. The Bertz CT molecular complexity index is 975. The molecule has 0 unspecified atom stereocenters. The Morgan fingerprint density at radius 2 is 1.87 bits per heavy atom. The van der Waals surface area contributed by atoms with Gasteiger partial charge in [0.15, 0.2) is 0 Å². The number of hydrogen-bond acceptors (Lipinski definition) is 4. The van der Waals surface area contributed by atoms with Crippen molar-refractivity contribution in [3.8, 4) is 0 Å². The molecule has 3 N–H and O–H groups in total. The van der Waals surface area contributed by atoms with Gasteiger partial charge in [0.2, 0.25) is 11.8 Å². The molecule has 0 spiro atoms. The van der Waals surface area contributed by atoms with Crippen LogP contribution in [0.3, 0.4) is 0 Å². The molecule has 2 aromatic rings. The number of anilines is 1. The number of pyridine rings is 1. The standard InChI is InChI=1S/C23H25FN4O2/c24-16-3-1-2-15(10-16)23(8-9-23)22(30)27-17-11-18-5-6-19(12-17)28(18)20-7-4-14(13-26-20)21(25)29/h1-4,7,10,13,17-19H,5-6,8-9,11-12H2,(H2,25,29)(H,27,30)/t17-,18+,19-. The maximum atomic E-state index is 13.7. The van der Waals surface area contributed by atoms with Crippen LogP contribution < -0.4 is 16.0 Å². The summed E-state index contributed by atoms with van der Waals surface area (Å²) >= 11 is 0. The molecule has 0 radical (unpaired) electrons. The summed E-state index contributed by atoms with van der Waals surface area (Å²) in [6, 6.07) is 10.7. The molecule has 1 aliphatic carbocycles. The fourth-order valence-electron chi connectivity index (χ4n) is 5.24. The molecule has 2 aliphatic heterocycles. The Morgan fingerprint density at radius 3 is 2.43 bits per heavy atom. The van der Waals surface area contributed by atoms with Gasteiger partial charge in [-0.25, -0.2) is 9.37 Å². The van der Waals surface area contributed by atoms with E-state index in [1.807, 2.05) is 12.1 Å². The molecule has 1 aromatic carbocycles. The van der Waals surface area contributed by atoms with Gasteiger partial charge < -0.3 is 16.0 Å². The number of carbonyl (C=O) groups excluding carboxylic acids is 2. The van der Waals surface area contributed by atoms with E-state index in [4.69, 9.17) is 5.73 Å². The number of hydrogen-bond donors (Lipinski definition) is 2. The van der Waals surface area contributed by atoms with Gasteiger partial charge in [-0.05, 0) is 68.4 Å². The largest absolute Gasteiger partial charge is 0.366 e. The number of halogens is 1. The summed E-state index contributed by atoms with van der Waals surface area (Å²) in [5.74, 6) is 0.101. The number of nitrogens with zero attached hydrogens (tertiary/aromatic N) is 2. The molecule has 5 rings (SSSR count).